The first-order valence-corrected chi connectivity index (χ1v) is 7.75. The highest BCUT2D eigenvalue weighted by atomic mass is 79.9. The van der Waals surface area contributed by atoms with Gasteiger partial charge >= 0.3 is 0 Å². The van der Waals surface area contributed by atoms with Gasteiger partial charge in [0.1, 0.15) is 0 Å². The zero-order valence-electron chi connectivity index (χ0n) is 10.4. The van der Waals surface area contributed by atoms with Crippen LogP contribution >= 0.6 is 27.3 Å². The lowest BCUT2D eigenvalue weighted by Gasteiger charge is -2.01. The SMILES string of the molecule is CCc1ccsc1CNc1nc2c(Br)cccn2n1. The molecule has 19 heavy (non-hydrogen) atoms. The Bertz CT molecular complexity index is 704. The first-order chi connectivity index (χ1) is 9.28. The van der Waals surface area contributed by atoms with Crippen molar-refractivity contribution in [2.45, 2.75) is 19.9 Å². The number of pyridine rings is 1. The monoisotopic (exact) mass is 336 g/mol. The Balaban J connectivity index is 1.80. The van der Waals surface area contributed by atoms with Crippen molar-refractivity contribution in [1.29, 1.82) is 0 Å². The van der Waals surface area contributed by atoms with Gasteiger partial charge in [0, 0.05) is 11.1 Å². The van der Waals surface area contributed by atoms with E-state index in [4.69, 9.17) is 0 Å². The Morgan fingerprint density at radius 2 is 2.32 bits per heavy atom. The van der Waals surface area contributed by atoms with E-state index in [0.29, 0.717) is 5.95 Å². The number of aryl methyl sites for hydroxylation is 1. The molecule has 0 amide bonds. The molecule has 4 nitrogen and oxygen atoms in total. The summed E-state index contributed by atoms with van der Waals surface area (Å²) in [5.74, 6) is 0.655. The van der Waals surface area contributed by atoms with Crippen LogP contribution in [0.5, 0.6) is 0 Å². The van der Waals surface area contributed by atoms with Crippen LogP contribution in [0.3, 0.4) is 0 Å². The highest BCUT2D eigenvalue weighted by molar-refractivity contribution is 9.10. The number of hydrogen-bond donors (Lipinski definition) is 1. The third-order valence-corrected chi connectivity index (χ3v) is 4.52. The zero-order valence-corrected chi connectivity index (χ0v) is 12.8. The topological polar surface area (TPSA) is 42.2 Å². The van der Waals surface area contributed by atoms with Crippen LogP contribution in [0, 0.1) is 0 Å². The van der Waals surface area contributed by atoms with Gasteiger partial charge in [0.2, 0.25) is 5.95 Å². The lowest BCUT2D eigenvalue weighted by atomic mass is 10.2. The Morgan fingerprint density at radius 1 is 1.42 bits per heavy atom. The van der Waals surface area contributed by atoms with Crippen molar-refractivity contribution in [2.24, 2.45) is 0 Å². The number of nitrogens with one attached hydrogen (secondary N) is 1. The van der Waals surface area contributed by atoms with Crippen molar-refractivity contribution in [3.63, 3.8) is 0 Å². The summed E-state index contributed by atoms with van der Waals surface area (Å²) < 4.78 is 2.71. The maximum absolute atomic E-state index is 4.47. The van der Waals surface area contributed by atoms with E-state index in [9.17, 15) is 0 Å². The highest BCUT2D eigenvalue weighted by Crippen LogP contribution is 2.20. The van der Waals surface area contributed by atoms with Gasteiger partial charge in [-0.05, 0) is 51.5 Å². The molecule has 0 fully saturated rings. The van der Waals surface area contributed by atoms with E-state index in [1.165, 1.54) is 10.4 Å². The molecule has 0 saturated carbocycles. The molecule has 3 aromatic heterocycles. The van der Waals surface area contributed by atoms with Crippen molar-refractivity contribution < 1.29 is 0 Å². The van der Waals surface area contributed by atoms with Gasteiger partial charge in [-0.25, -0.2) is 4.52 Å². The fourth-order valence-electron chi connectivity index (χ4n) is 1.95. The van der Waals surface area contributed by atoms with Crippen molar-refractivity contribution in [2.75, 3.05) is 5.32 Å². The average molecular weight is 337 g/mol. The van der Waals surface area contributed by atoms with E-state index in [0.717, 1.165) is 23.1 Å². The van der Waals surface area contributed by atoms with Gasteiger partial charge < -0.3 is 5.32 Å². The molecule has 3 heterocycles. The third kappa shape index (κ3) is 2.50. The molecule has 0 aliphatic heterocycles. The molecule has 1 N–H and O–H groups in total. The van der Waals surface area contributed by atoms with Gasteiger partial charge in [-0.3, -0.25) is 0 Å². The number of aromatic nitrogens is 3. The molecular weight excluding hydrogens is 324 g/mol. The van der Waals surface area contributed by atoms with Crippen LogP contribution in [0.2, 0.25) is 0 Å². The molecule has 0 bridgehead atoms. The number of thiophene rings is 1. The van der Waals surface area contributed by atoms with Crippen LogP contribution in [-0.4, -0.2) is 14.6 Å². The average Bonchev–Trinajstić information content (AvgIpc) is 3.02. The Morgan fingerprint density at radius 3 is 3.11 bits per heavy atom. The Labute approximate surface area is 123 Å². The van der Waals surface area contributed by atoms with E-state index in [-0.39, 0.29) is 0 Å². The number of nitrogens with zero attached hydrogens (tertiary/aromatic N) is 3. The van der Waals surface area contributed by atoms with Crippen LogP contribution in [0.1, 0.15) is 17.4 Å². The first kappa shape index (κ1) is 12.6. The summed E-state index contributed by atoms with van der Waals surface area (Å²) in [5.41, 5.74) is 2.22. The van der Waals surface area contributed by atoms with Crippen molar-refractivity contribution >= 4 is 38.9 Å². The van der Waals surface area contributed by atoms with Crippen LogP contribution in [0.25, 0.3) is 5.65 Å². The second-order valence-corrected chi connectivity index (χ2v) is 5.99. The molecule has 0 atom stereocenters. The molecule has 0 unspecified atom stereocenters. The molecular formula is C13H13BrN4S. The van der Waals surface area contributed by atoms with Gasteiger partial charge in [-0.15, -0.1) is 16.4 Å². The third-order valence-electron chi connectivity index (χ3n) is 2.94. The summed E-state index contributed by atoms with van der Waals surface area (Å²) in [5, 5.41) is 9.81. The lowest BCUT2D eigenvalue weighted by molar-refractivity contribution is 0.948. The van der Waals surface area contributed by atoms with Crippen LogP contribution in [0.4, 0.5) is 5.95 Å². The summed E-state index contributed by atoms with van der Waals surface area (Å²) >= 11 is 5.24. The molecule has 3 aromatic rings. The van der Waals surface area contributed by atoms with Gasteiger partial charge in [0.25, 0.3) is 0 Å². The summed E-state index contributed by atoms with van der Waals surface area (Å²) in [6, 6.07) is 6.07. The molecule has 0 aliphatic carbocycles. The minimum atomic E-state index is 0.655. The summed E-state index contributed by atoms with van der Waals surface area (Å²) in [6.45, 7) is 2.95. The van der Waals surface area contributed by atoms with E-state index in [1.54, 1.807) is 15.9 Å². The molecule has 0 aromatic carbocycles. The number of halogens is 1. The van der Waals surface area contributed by atoms with E-state index in [1.807, 2.05) is 18.3 Å². The normalized spacial score (nSPS) is 11.1. The summed E-state index contributed by atoms with van der Waals surface area (Å²) in [6.07, 6.45) is 2.95. The molecule has 0 radical (unpaired) electrons. The van der Waals surface area contributed by atoms with E-state index >= 15 is 0 Å². The predicted octanol–water partition coefficient (Wildman–Crippen LogP) is 3.73. The van der Waals surface area contributed by atoms with E-state index in [2.05, 4.69) is 49.7 Å². The van der Waals surface area contributed by atoms with Gasteiger partial charge in [0.05, 0.1) is 11.0 Å². The smallest absolute Gasteiger partial charge is 0.243 e. The molecule has 0 spiro atoms. The van der Waals surface area contributed by atoms with Crippen LogP contribution in [-0.2, 0) is 13.0 Å². The molecule has 0 aliphatic rings. The molecule has 0 saturated heterocycles. The minimum Gasteiger partial charge on any atom is -0.348 e. The molecule has 6 heteroatoms. The van der Waals surface area contributed by atoms with Gasteiger partial charge in [-0.2, -0.15) is 4.98 Å². The van der Waals surface area contributed by atoms with E-state index < -0.39 is 0 Å². The Hall–Kier alpha value is -1.40. The fourth-order valence-corrected chi connectivity index (χ4v) is 3.28. The number of anilines is 1. The second kappa shape index (κ2) is 5.30. The summed E-state index contributed by atoms with van der Waals surface area (Å²) in [7, 11) is 0. The maximum atomic E-state index is 4.47. The van der Waals surface area contributed by atoms with Crippen molar-refractivity contribution in [3.8, 4) is 0 Å². The van der Waals surface area contributed by atoms with Gasteiger partial charge in [-0.1, -0.05) is 6.92 Å². The number of fused-ring (bicyclic) bond motifs is 1. The fraction of sp³-hybridized carbons (Fsp3) is 0.231. The van der Waals surface area contributed by atoms with Gasteiger partial charge in [0.15, 0.2) is 5.65 Å². The minimum absolute atomic E-state index is 0.655. The highest BCUT2D eigenvalue weighted by Gasteiger charge is 2.07. The van der Waals surface area contributed by atoms with Crippen LogP contribution in [0.15, 0.2) is 34.2 Å². The number of rotatable bonds is 4. The van der Waals surface area contributed by atoms with Crippen LogP contribution < -0.4 is 5.32 Å². The van der Waals surface area contributed by atoms with Crippen molar-refractivity contribution in [1.82, 2.24) is 14.6 Å². The standard InChI is InChI=1S/C13H13BrN4S/c1-2-9-5-7-19-11(9)8-15-13-16-12-10(14)4-3-6-18(12)17-13/h3-7H,2,8H2,1H3,(H,15,17). The van der Waals surface area contributed by atoms with Crippen molar-refractivity contribution in [3.05, 3.63) is 44.7 Å². The Kier molecular flexibility index (Phi) is 3.52. The molecule has 3 rings (SSSR count). The predicted molar refractivity (Wildman–Crippen MR) is 81.7 cm³/mol. The second-order valence-electron chi connectivity index (χ2n) is 4.14. The maximum Gasteiger partial charge on any atom is 0.243 e. The number of hydrogen-bond acceptors (Lipinski definition) is 4. The first-order valence-electron chi connectivity index (χ1n) is 6.08. The zero-order chi connectivity index (χ0) is 13.2. The summed E-state index contributed by atoms with van der Waals surface area (Å²) in [4.78, 5) is 5.81. The lowest BCUT2D eigenvalue weighted by Crippen LogP contribution is -2.01. The quantitative estimate of drug-likeness (QED) is 0.789. The largest absolute Gasteiger partial charge is 0.348 e. The molecule has 98 valence electrons.